The summed E-state index contributed by atoms with van der Waals surface area (Å²) in [6.45, 7) is 5.63. The maximum absolute atomic E-state index is 12.5. The third kappa shape index (κ3) is 3.59. The van der Waals surface area contributed by atoms with Crippen LogP contribution in [0.5, 0.6) is 0 Å². The van der Waals surface area contributed by atoms with Crippen LogP contribution in [0.1, 0.15) is 31.9 Å². The van der Waals surface area contributed by atoms with Crippen molar-refractivity contribution in [3.63, 3.8) is 0 Å². The summed E-state index contributed by atoms with van der Waals surface area (Å²) in [6.07, 6.45) is -4.17. The maximum Gasteiger partial charge on any atom is 0.418 e. The fourth-order valence-corrected chi connectivity index (χ4v) is 1.64. The summed E-state index contributed by atoms with van der Waals surface area (Å²) < 4.78 is 37.5. The molecule has 92 valence electrons. The zero-order valence-electron chi connectivity index (χ0n) is 9.45. The molecule has 0 aromatic heterocycles. The lowest BCUT2D eigenvalue weighted by Crippen LogP contribution is -2.10. The van der Waals surface area contributed by atoms with Crippen LogP contribution in [0.25, 0.3) is 0 Å². The van der Waals surface area contributed by atoms with E-state index in [1.807, 2.05) is 13.8 Å². The van der Waals surface area contributed by atoms with Crippen LogP contribution >= 0.6 is 11.6 Å². The van der Waals surface area contributed by atoms with Gasteiger partial charge in [-0.1, -0.05) is 32.4 Å². The van der Waals surface area contributed by atoms with E-state index in [1.165, 1.54) is 6.07 Å². The molecule has 1 rings (SSSR count). The standard InChI is InChI=1S/C9H9ClF3N.C2H6/c1-2-5-3-6(14)4-7(10)8(5)9(11,12)13;1-2/h3-4H,2,14H2,1H3;1-2H3. The number of aryl methyl sites for hydroxylation is 1. The second kappa shape index (κ2) is 5.99. The van der Waals surface area contributed by atoms with E-state index in [-0.39, 0.29) is 22.7 Å². The first kappa shape index (κ1) is 15.1. The molecule has 0 radical (unpaired) electrons. The van der Waals surface area contributed by atoms with Gasteiger partial charge in [0, 0.05) is 5.69 Å². The van der Waals surface area contributed by atoms with Gasteiger partial charge in [0.05, 0.1) is 10.6 Å². The number of rotatable bonds is 1. The Hall–Kier alpha value is -0.900. The number of nitrogen functional groups attached to an aromatic ring is 1. The molecule has 0 bridgehead atoms. The summed E-state index contributed by atoms with van der Waals surface area (Å²) in [4.78, 5) is 0. The van der Waals surface area contributed by atoms with Crippen LogP contribution in [0.2, 0.25) is 5.02 Å². The molecule has 0 aliphatic carbocycles. The minimum atomic E-state index is -4.42. The van der Waals surface area contributed by atoms with E-state index in [0.29, 0.717) is 0 Å². The van der Waals surface area contributed by atoms with E-state index in [4.69, 9.17) is 17.3 Å². The molecule has 0 unspecified atom stereocenters. The van der Waals surface area contributed by atoms with Gasteiger partial charge in [0.2, 0.25) is 0 Å². The van der Waals surface area contributed by atoms with E-state index >= 15 is 0 Å². The molecule has 16 heavy (non-hydrogen) atoms. The molecule has 2 N–H and O–H groups in total. The average Bonchev–Trinajstić information content (AvgIpc) is 2.17. The third-order valence-corrected chi connectivity index (χ3v) is 2.16. The summed E-state index contributed by atoms with van der Waals surface area (Å²) in [5, 5.41) is -0.339. The first-order chi connectivity index (χ1) is 7.36. The molecule has 0 saturated carbocycles. The highest BCUT2D eigenvalue weighted by molar-refractivity contribution is 6.31. The smallest absolute Gasteiger partial charge is 0.399 e. The number of alkyl halides is 3. The normalized spacial score (nSPS) is 10.7. The van der Waals surface area contributed by atoms with Crippen molar-refractivity contribution in [1.82, 2.24) is 0 Å². The van der Waals surface area contributed by atoms with Gasteiger partial charge in [-0.2, -0.15) is 13.2 Å². The van der Waals surface area contributed by atoms with Gasteiger partial charge in [-0.25, -0.2) is 0 Å². The Kier molecular flexibility index (Phi) is 5.65. The first-order valence-electron chi connectivity index (χ1n) is 5.01. The lowest BCUT2D eigenvalue weighted by atomic mass is 10.0. The van der Waals surface area contributed by atoms with Crippen LogP contribution in [0, 0.1) is 0 Å². The number of hydrogen-bond acceptors (Lipinski definition) is 1. The van der Waals surface area contributed by atoms with Gasteiger partial charge in [0.15, 0.2) is 0 Å². The van der Waals surface area contributed by atoms with Crippen LogP contribution in [0.15, 0.2) is 12.1 Å². The van der Waals surface area contributed by atoms with Crippen molar-refractivity contribution in [1.29, 1.82) is 0 Å². The van der Waals surface area contributed by atoms with Crippen molar-refractivity contribution < 1.29 is 13.2 Å². The van der Waals surface area contributed by atoms with Crippen LogP contribution in [-0.4, -0.2) is 0 Å². The zero-order chi connectivity index (χ0) is 12.9. The predicted octanol–water partition coefficient (Wildman–Crippen LogP) is 4.53. The number of halogens is 4. The first-order valence-corrected chi connectivity index (χ1v) is 5.39. The molecule has 0 heterocycles. The van der Waals surface area contributed by atoms with Crippen molar-refractivity contribution >= 4 is 17.3 Å². The monoisotopic (exact) mass is 253 g/mol. The van der Waals surface area contributed by atoms with Crippen molar-refractivity contribution in [3.05, 3.63) is 28.3 Å². The largest absolute Gasteiger partial charge is 0.418 e. The van der Waals surface area contributed by atoms with Gasteiger partial charge in [0.1, 0.15) is 0 Å². The van der Waals surface area contributed by atoms with E-state index in [0.717, 1.165) is 6.07 Å². The van der Waals surface area contributed by atoms with Crippen molar-refractivity contribution in [2.75, 3.05) is 5.73 Å². The Morgan fingerprint density at radius 3 is 2.12 bits per heavy atom. The molecule has 0 fully saturated rings. The van der Waals surface area contributed by atoms with Gasteiger partial charge >= 0.3 is 6.18 Å². The van der Waals surface area contributed by atoms with E-state index in [1.54, 1.807) is 6.92 Å². The van der Waals surface area contributed by atoms with Crippen LogP contribution in [0.3, 0.4) is 0 Å². The summed E-state index contributed by atoms with van der Waals surface area (Å²) >= 11 is 5.50. The maximum atomic E-state index is 12.5. The second-order valence-corrected chi connectivity index (χ2v) is 3.30. The van der Waals surface area contributed by atoms with Gasteiger partial charge in [-0.05, 0) is 24.1 Å². The molecule has 0 aliphatic rings. The molecular formula is C11H15ClF3N. The quantitative estimate of drug-likeness (QED) is 0.731. The highest BCUT2D eigenvalue weighted by Gasteiger charge is 2.35. The number of anilines is 1. The third-order valence-electron chi connectivity index (χ3n) is 1.86. The van der Waals surface area contributed by atoms with Crippen LogP contribution in [-0.2, 0) is 12.6 Å². The molecule has 0 amide bonds. The second-order valence-electron chi connectivity index (χ2n) is 2.89. The number of nitrogens with two attached hydrogens (primary N) is 1. The summed E-state index contributed by atoms with van der Waals surface area (Å²) in [5.74, 6) is 0. The van der Waals surface area contributed by atoms with Gasteiger partial charge < -0.3 is 5.73 Å². The van der Waals surface area contributed by atoms with Crippen molar-refractivity contribution in [2.45, 2.75) is 33.4 Å². The minimum Gasteiger partial charge on any atom is -0.399 e. The van der Waals surface area contributed by atoms with Crippen LogP contribution in [0.4, 0.5) is 18.9 Å². The Balaban J connectivity index is 0.00000106. The molecule has 0 spiro atoms. The van der Waals surface area contributed by atoms with Crippen molar-refractivity contribution in [2.24, 2.45) is 0 Å². The van der Waals surface area contributed by atoms with E-state index in [9.17, 15) is 13.2 Å². The summed E-state index contributed by atoms with van der Waals surface area (Å²) in [7, 11) is 0. The van der Waals surface area contributed by atoms with Gasteiger partial charge in [0.25, 0.3) is 0 Å². The lowest BCUT2D eigenvalue weighted by molar-refractivity contribution is -0.138. The average molecular weight is 254 g/mol. The highest BCUT2D eigenvalue weighted by Crippen LogP contribution is 2.38. The lowest BCUT2D eigenvalue weighted by Gasteiger charge is -2.14. The molecule has 5 heteroatoms. The van der Waals surface area contributed by atoms with Crippen LogP contribution < -0.4 is 5.73 Å². The van der Waals surface area contributed by atoms with Gasteiger partial charge in [-0.15, -0.1) is 0 Å². The minimum absolute atomic E-state index is 0.127. The van der Waals surface area contributed by atoms with E-state index < -0.39 is 11.7 Å². The zero-order valence-corrected chi connectivity index (χ0v) is 10.2. The summed E-state index contributed by atoms with van der Waals surface area (Å²) in [5.41, 5.74) is 4.99. The topological polar surface area (TPSA) is 26.0 Å². The number of hydrogen-bond donors (Lipinski definition) is 1. The Labute approximate surface area is 98.4 Å². The SMILES string of the molecule is CC.CCc1cc(N)cc(Cl)c1C(F)(F)F. The van der Waals surface area contributed by atoms with E-state index in [2.05, 4.69) is 0 Å². The number of benzene rings is 1. The Bertz CT molecular complexity index is 348. The fraction of sp³-hybridized carbons (Fsp3) is 0.455. The molecule has 0 saturated heterocycles. The fourth-order valence-electron chi connectivity index (χ4n) is 1.28. The molecule has 1 aromatic rings. The summed E-state index contributed by atoms with van der Waals surface area (Å²) in [6, 6.07) is 2.41. The molecule has 1 aromatic carbocycles. The highest BCUT2D eigenvalue weighted by atomic mass is 35.5. The molecular weight excluding hydrogens is 239 g/mol. The Morgan fingerprint density at radius 2 is 1.75 bits per heavy atom. The molecule has 0 aliphatic heterocycles. The Morgan fingerprint density at radius 1 is 1.25 bits per heavy atom. The van der Waals surface area contributed by atoms with Gasteiger partial charge in [-0.3, -0.25) is 0 Å². The predicted molar refractivity (Wildman–Crippen MR) is 61.6 cm³/mol. The molecule has 1 nitrogen and oxygen atoms in total. The molecule has 0 atom stereocenters. The van der Waals surface area contributed by atoms with Crippen molar-refractivity contribution in [3.8, 4) is 0 Å².